The Labute approximate surface area is 233 Å². The van der Waals surface area contributed by atoms with Gasteiger partial charge >= 0.3 is 11.9 Å². The Morgan fingerprint density at radius 3 is 2.50 bits per heavy atom. The molecule has 3 aromatic rings. The van der Waals surface area contributed by atoms with Crippen LogP contribution in [0, 0.1) is 5.92 Å². The van der Waals surface area contributed by atoms with Gasteiger partial charge in [0.15, 0.2) is 0 Å². The van der Waals surface area contributed by atoms with E-state index in [9.17, 15) is 14.4 Å². The van der Waals surface area contributed by atoms with Crippen LogP contribution in [0.15, 0.2) is 85.0 Å². The van der Waals surface area contributed by atoms with Crippen LogP contribution in [0.3, 0.4) is 0 Å². The van der Waals surface area contributed by atoms with Crippen LogP contribution in [0.5, 0.6) is 0 Å². The zero-order chi connectivity index (χ0) is 27.9. The zero-order valence-electron chi connectivity index (χ0n) is 22.6. The van der Waals surface area contributed by atoms with Gasteiger partial charge in [0, 0.05) is 37.5 Å². The van der Waals surface area contributed by atoms with Crippen LogP contribution >= 0.6 is 0 Å². The molecule has 5 rings (SSSR count). The number of anilines is 2. The molecule has 2 aromatic carbocycles. The summed E-state index contributed by atoms with van der Waals surface area (Å²) in [6, 6.07) is 19.0. The van der Waals surface area contributed by atoms with Crippen molar-refractivity contribution in [2.45, 2.75) is 32.1 Å². The van der Waals surface area contributed by atoms with Crippen LogP contribution in [0.2, 0.25) is 0 Å². The van der Waals surface area contributed by atoms with E-state index >= 15 is 0 Å². The molecule has 10 heteroatoms. The summed E-state index contributed by atoms with van der Waals surface area (Å²) in [5.41, 5.74) is 3.01. The Bertz CT molecular complexity index is 1350. The average molecular weight is 543 g/mol. The predicted octanol–water partition coefficient (Wildman–Crippen LogP) is 3.84. The van der Waals surface area contributed by atoms with E-state index in [0.717, 1.165) is 30.8 Å². The maximum absolute atomic E-state index is 13.9. The average Bonchev–Trinajstić information content (AvgIpc) is 3.61. The summed E-state index contributed by atoms with van der Waals surface area (Å²) < 4.78 is 6.81. The van der Waals surface area contributed by atoms with Gasteiger partial charge in [-0.1, -0.05) is 36.4 Å². The fourth-order valence-electron chi connectivity index (χ4n) is 4.98. The van der Waals surface area contributed by atoms with Gasteiger partial charge in [0.2, 0.25) is 0 Å². The Kier molecular flexibility index (Phi) is 8.56. The molecular formula is C30H34N6O4. The van der Waals surface area contributed by atoms with Gasteiger partial charge in [-0.15, -0.1) is 0 Å². The smallest absolute Gasteiger partial charge is 0.317 e. The number of allylic oxidation sites excluding steroid dienone is 1. The van der Waals surface area contributed by atoms with Gasteiger partial charge in [0.05, 0.1) is 24.0 Å². The van der Waals surface area contributed by atoms with E-state index in [4.69, 9.17) is 4.74 Å². The van der Waals surface area contributed by atoms with E-state index in [1.54, 1.807) is 34.2 Å². The molecule has 0 spiro atoms. The molecule has 1 fully saturated rings. The lowest BCUT2D eigenvalue weighted by Crippen LogP contribution is -2.47. The quantitative estimate of drug-likeness (QED) is 0.322. The third-order valence-electron chi connectivity index (χ3n) is 7.06. The number of ether oxygens (including phenoxy) is 1. The molecule has 1 atom stereocenters. The molecule has 1 N–H and O–H groups in total. The van der Waals surface area contributed by atoms with Crippen LogP contribution in [0.25, 0.3) is 0 Å². The molecule has 10 nitrogen and oxygen atoms in total. The van der Waals surface area contributed by atoms with E-state index in [2.05, 4.69) is 15.3 Å². The van der Waals surface area contributed by atoms with Crippen LogP contribution in [0.1, 0.15) is 42.5 Å². The molecule has 0 radical (unpaired) electrons. The summed E-state index contributed by atoms with van der Waals surface area (Å²) in [6.07, 6.45) is 8.14. The molecule has 3 heterocycles. The first-order valence-electron chi connectivity index (χ1n) is 13.6. The molecule has 1 saturated heterocycles. The van der Waals surface area contributed by atoms with E-state index in [-0.39, 0.29) is 18.2 Å². The topological polar surface area (TPSA) is 100 Å². The number of nitrogens with zero attached hydrogens (tertiary/aromatic N) is 5. The summed E-state index contributed by atoms with van der Waals surface area (Å²) in [5.74, 6) is -1.45. The van der Waals surface area contributed by atoms with Crippen LogP contribution in [0.4, 0.5) is 11.4 Å². The molecular weight excluding hydrogens is 508 g/mol. The Morgan fingerprint density at radius 1 is 1.07 bits per heavy atom. The number of hydrogen-bond acceptors (Lipinski definition) is 8. The molecule has 1 amide bonds. The SMILES string of the molecule is Cn1cc(N(C(=O)c2ccccc2)N2CN(c3ccccc3)C=C2CCCC(=O)OC(=O)[C@H]2CCCNC2)cn1. The zero-order valence-corrected chi connectivity index (χ0v) is 22.6. The van der Waals surface area contributed by atoms with Crippen molar-refractivity contribution in [2.75, 3.05) is 29.7 Å². The first kappa shape index (κ1) is 27.1. The van der Waals surface area contributed by atoms with Crippen molar-refractivity contribution in [2.24, 2.45) is 13.0 Å². The minimum Gasteiger partial charge on any atom is -0.393 e. The monoisotopic (exact) mass is 542 g/mol. The number of esters is 2. The fourth-order valence-corrected chi connectivity index (χ4v) is 4.98. The van der Waals surface area contributed by atoms with E-state index in [1.807, 2.05) is 66.8 Å². The number of benzene rings is 2. The minimum absolute atomic E-state index is 0.0991. The van der Waals surface area contributed by atoms with Crippen molar-refractivity contribution in [3.05, 3.63) is 90.5 Å². The van der Waals surface area contributed by atoms with Crippen LogP contribution in [-0.2, 0) is 21.4 Å². The van der Waals surface area contributed by atoms with Gasteiger partial charge in [-0.05, 0) is 56.5 Å². The minimum atomic E-state index is -0.523. The highest BCUT2D eigenvalue weighted by Gasteiger charge is 2.33. The third kappa shape index (κ3) is 6.40. The van der Waals surface area contributed by atoms with Crippen molar-refractivity contribution in [3.8, 4) is 0 Å². The predicted molar refractivity (Wildman–Crippen MR) is 151 cm³/mol. The highest BCUT2D eigenvalue weighted by Crippen LogP contribution is 2.31. The van der Waals surface area contributed by atoms with E-state index in [0.29, 0.717) is 37.3 Å². The van der Waals surface area contributed by atoms with Gasteiger partial charge in [0.1, 0.15) is 12.4 Å². The van der Waals surface area contributed by atoms with Crippen molar-refractivity contribution in [1.29, 1.82) is 0 Å². The second-order valence-corrected chi connectivity index (χ2v) is 10.0. The largest absolute Gasteiger partial charge is 0.393 e. The number of aryl methyl sites for hydroxylation is 1. The highest BCUT2D eigenvalue weighted by atomic mass is 16.6. The van der Waals surface area contributed by atoms with Gasteiger partial charge in [-0.3, -0.25) is 24.1 Å². The number of carbonyl (C=O) groups is 3. The standard InChI is InChI=1S/C30H34N6O4/c1-33-20-27(19-32-33)36(29(38)23-10-4-2-5-11-23)35-22-34(25-13-6-3-7-14-25)21-26(35)15-8-16-28(37)40-30(39)24-12-9-17-31-18-24/h2-7,10-11,13-14,19-21,24,31H,8-9,12,15-18,22H2,1H3/t24-/m0/s1. The second kappa shape index (κ2) is 12.6. The van der Waals surface area contributed by atoms with E-state index in [1.165, 1.54) is 0 Å². The molecule has 2 aliphatic heterocycles. The molecule has 0 saturated carbocycles. The summed E-state index contributed by atoms with van der Waals surface area (Å²) in [4.78, 5) is 40.8. The summed E-state index contributed by atoms with van der Waals surface area (Å²) in [5, 5.41) is 11.0. The van der Waals surface area contributed by atoms with Gasteiger partial charge in [-0.2, -0.15) is 5.10 Å². The molecule has 0 aliphatic carbocycles. The van der Waals surface area contributed by atoms with Crippen molar-refractivity contribution in [1.82, 2.24) is 20.1 Å². The third-order valence-corrected chi connectivity index (χ3v) is 7.06. The Balaban J connectivity index is 1.34. The molecule has 2 aliphatic rings. The van der Waals surface area contributed by atoms with Gasteiger partial charge < -0.3 is 15.0 Å². The molecule has 0 unspecified atom stereocenters. The van der Waals surface area contributed by atoms with Crippen molar-refractivity contribution < 1.29 is 19.1 Å². The lowest BCUT2D eigenvalue weighted by molar-refractivity contribution is -0.163. The Morgan fingerprint density at radius 2 is 1.82 bits per heavy atom. The first-order chi connectivity index (χ1) is 19.5. The van der Waals surface area contributed by atoms with Crippen LogP contribution in [-0.4, -0.2) is 52.4 Å². The highest BCUT2D eigenvalue weighted by molar-refractivity contribution is 6.05. The lowest BCUT2D eigenvalue weighted by Gasteiger charge is -2.34. The number of carbonyl (C=O) groups excluding carboxylic acids is 3. The number of aromatic nitrogens is 2. The van der Waals surface area contributed by atoms with Gasteiger partial charge in [0.25, 0.3) is 5.91 Å². The van der Waals surface area contributed by atoms with Crippen molar-refractivity contribution >= 4 is 29.2 Å². The van der Waals surface area contributed by atoms with Crippen molar-refractivity contribution in [3.63, 3.8) is 0 Å². The molecule has 40 heavy (non-hydrogen) atoms. The van der Waals surface area contributed by atoms with Gasteiger partial charge in [-0.25, -0.2) is 5.01 Å². The normalized spacial score (nSPS) is 16.9. The summed E-state index contributed by atoms with van der Waals surface area (Å²) in [6.45, 7) is 1.82. The number of para-hydroxylation sites is 1. The molecule has 1 aromatic heterocycles. The number of rotatable bonds is 9. The van der Waals surface area contributed by atoms with Crippen LogP contribution < -0.4 is 15.2 Å². The maximum Gasteiger partial charge on any atom is 0.317 e. The molecule has 208 valence electrons. The number of nitrogens with one attached hydrogen (secondary N) is 1. The summed E-state index contributed by atoms with van der Waals surface area (Å²) >= 11 is 0. The molecule has 0 bridgehead atoms. The number of piperidine rings is 1. The second-order valence-electron chi connectivity index (χ2n) is 10.0. The number of hydrogen-bond donors (Lipinski definition) is 1. The summed E-state index contributed by atoms with van der Waals surface area (Å²) in [7, 11) is 1.81. The number of hydrazine groups is 1. The Hall–Kier alpha value is -4.44. The lowest BCUT2D eigenvalue weighted by atomic mass is 10.0. The fraction of sp³-hybridized carbons (Fsp3) is 0.333. The van der Waals surface area contributed by atoms with E-state index < -0.39 is 11.9 Å². The maximum atomic E-state index is 13.9. The number of amides is 1. The first-order valence-corrected chi connectivity index (χ1v) is 13.6.